The van der Waals surface area contributed by atoms with E-state index in [1.165, 1.54) is 6.33 Å². The smallest absolute Gasteiger partial charge is 0.253 e. The molecule has 0 fully saturated rings. The molecule has 0 aliphatic heterocycles. The molecular formula is C19H22N6O. The van der Waals surface area contributed by atoms with Crippen LogP contribution in [0.5, 0.6) is 0 Å². The second-order valence-electron chi connectivity index (χ2n) is 5.86. The van der Waals surface area contributed by atoms with Gasteiger partial charge in [0.1, 0.15) is 18.0 Å². The predicted molar refractivity (Wildman–Crippen MR) is 103 cm³/mol. The maximum Gasteiger partial charge on any atom is 0.253 e. The number of hydrogen-bond donors (Lipinski definition) is 2. The van der Waals surface area contributed by atoms with Crippen LogP contribution >= 0.6 is 0 Å². The van der Waals surface area contributed by atoms with Crippen LogP contribution in [-0.2, 0) is 6.54 Å². The van der Waals surface area contributed by atoms with E-state index in [2.05, 4.69) is 20.3 Å². The lowest BCUT2D eigenvalue weighted by Gasteiger charge is -2.18. The molecule has 26 heavy (non-hydrogen) atoms. The van der Waals surface area contributed by atoms with Gasteiger partial charge >= 0.3 is 0 Å². The Morgan fingerprint density at radius 3 is 2.50 bits per heavy atom. The maximum atomic E-state index is 12.3. The highest BCUT2D eigenvalue weighted by molar-refractivity contribution is 5.94. The number of nitrogens with one attached hydrogen (secondary N) is 1. The van der Waals surface area contributed by atoms with Crippen LogP contribution in [0, 0.1) is 0 Å². The van der Waals surface area contributed by atoms with Gasteiger partial charge in [0.05, 0.1) is 5.39 Å². The maximum absolute atomic E-state index is 12.3. The molecule has 0 aliphatic rings. The van der Waals surface area contributed by atoms with Crippen LogP contribution in [-0.4, -0.2) is 38.8 Å². The number of benzene rings is 1. The average Bonchev–Trinajstić information content (AvgIpc) is 2.67. The molecule has 3 N–H and O–H groups in total. The number of nitrogens with two attached hydrogens (primary N) is 1. The highest BCUT2D eigenvalue weighted by atomic mass is 16.2. The van der Waals surface area contributed by atoms with E-state index in [-0.39, 0.29) is 5.91 Å². The van der Waals surface area contributed by atoms with E-state index in [0.717, 1.165) is 10.9 Å². The highest BCUT2D eigenvalue weighted by Crippen LogP contribution is 2.19. The number of hydrogen-bond acceptors (Lipinski definition) is 6. The first-order chi connectivity index (χ1) is 12.6. The molecule has 3 aromatic rings. The molecule has 1 aromatic carbocycles. The number of carbonyl (C=O) groups is 1. The van der Waals surface area contributed by atoms with Crippen LogP contribution in [0.1, 0.15) is 29.8 Å². The van der Waals surface area contributed by atoms with Crippen LogP contribution < -0.4 is 11.1 Å². The van der Waals surface area contributed by atoms with E-state index < -0.39 is 0 Å². The second kappa shape index (κ2) is 7.77. The number of nitrogen functional groups attached to an aromatic ring is 1. The molecule has 0 unspecified atom stereocenters. The monoisotopic (exact) mass is 350 g/mol. The molecule has 134 valence electrons. The molecule has 0 spiro atoms. The molecule has 0 atom stereocenters. The topological polar surface area (TPSA) is 97.0 Å². The molecule has 0 saturated heterocycles. The van der Waals surface area contributed by atoms with Crippen LogP contribution in [0.2, 0.25) is 0 Å². The molecule has 2 aromatic heterocycles. The van der Waals surface area contributed by atoms with Gasteiger partial charge in [0.15, 0.2) is 5.65 Å². The summed E-state index contributed by atoms with van der Waals surface area (Å²) in [4.78, 5) is 26.8. The van der Waals surface area contributed by atoms with Gasteiger partial charge in [0, 0.05) is 25.2 Å². The normalized spacial score (nSPS) is 10.7. The fourth-order valence-corrected chi connectivity index (χ4v) is 2.74. The summed E-state index contributed by atoms with van der Waals surface area (Å²) in [6.07, 6.45) is 1.46. The number of amides is 1. The Labute approximate surface area is 152 Å². The average molecular weight is 350 g/mol. The van der Waals surface area contributed by atoms with Crippen molar-refractivity contribution in [3.63, 3.8) is 0 Å². The Kier molecular flexibility index (Phi) is 5.26. The molecule has 0 saturated carbocycles. The molecular weight excluding hydrogens is 328 g/mol. The molecule has 7 heteroatoms. The second-order valence-corrected chi connectivity index (χ2v) is 5.86. The van der Waals surface area contributed by atoms with E-state index in [1.54, 1.807) is 11.0 Å². The summed E-state index contributed by atoms with van der Waals surface area (Å²) in [6, 6.07) is 11.2. The Bertz CT molecular complexity index is 906. The zero-order chi connectivity index (χ0) is 18.5. The van der Waals surface area contributed by atoms with Gasteiger partial charge in [0.25, 0.3) is 5.91 Å². The SMILES string of the molecule is CCN(CC)C(=O)c1ccc(CNc2ncnc3nc(N)ccc23)cc1. The Hall–Kier alpha value is -3.22. The first-order valence-corrected chi connectivity index (χ1v) is 8.61. The van der Waals surface area contributed by atoms with Crippen molar-refractivity contribution in [1.82, 2.24) is 19.9 Å². The van der Waals surface area contributed by atoms with Crippen molar-refractivity contribution in [3.05, 3.63) is 53.9 Å². The third kappa shape index (κ3) is 3.72. The fraction of sp³-hybridized carbons (Fsp3) is 0.263. The molecule has 0 aliphatic carbocycles. The van der Waals surface area contributed by atoms with Crippen molar-refractivity contribution in [1.29, 1.82) is 0 Å². The Morgan fingerprint density at radius 2 is 1.81 bits per heavy atom. The lowest BCUT2D eigenvalue weighted by molar-refractivity contribution is 0.0773. The minimum Gasteiger partial charge on any atom is -0.384 e. The van der Waals surface area contributed by atoms with Crippen molar-refractivity contribution < 1.29 is 4.79 Å². The van der Waals surface area contributed by atoms with Crippen molar-refractivity contribution in [2.45, 2.75) is 20.4 Å². The Balaban J connectivity index is 1.72. The highest BCUT2D eigenvalue weighted by Gasteiger charge is 2.12. The standard InChI is InChI=1S/C19H22N6O/c1-3-25(4-2)19(26)14-7-5-13(6-8-14)11-21-17-15-9-10-16(20)24-18(15)23-12-22-17/h5-10,12H,3-4,11H2,1-2H3,(H3,20,21,22,23,24). The summed E-state index contributed by atoms with van der Waals surface area (Å²) in [7, 11) is 0. The molecule has 7 nitrogen and oxygen atoms in total. The summed E-state index contributed by atoms with van der Waals surface area (Å²) in [5.41, 5.74) is 8.00. The van der Waals surface area contributed by atoms with E-state index in [1.807, 2.05) is 44.2 Å². The van der Waals surface area contributed by atoms with Crippen LogP contribution in [0.15, 0.2) is 42.7 Å². The Morgan fingerprint density at radius 1 is 1.08 bits per heavy atom. The summed E-state index contributed by atoms with van der Waals surface area (Å²) < 4.78 is 0. The number of rotatable bonds is 6. The van der Waals surface area contributed by atoms with Crippen molar-refractivity contribution in [3.8, 4) is 0 Å². The summed E-state index contributed by atoms with van der Waals surface area (Å²) in [6.45, 7) is 5.95. The van der Waals surface area contributed by atoms with E-state index in [4.69, 9.17) is 5.73 Å². The largest absolute Gasteiger partial charge is 0.384 e. The lowest BCUT2D eigenvalue weighted by Crippen LogP contribution is -2.30. The summed E-state index contributed by atoms with van der Waals surface area (Å²) in [5, 5.41) is 4.10. The van der Waals surface area contributed by atoms with Gasteiger partial charge in [-0.05, 0) is 43.7 Å². The minimum absolute atomic E-state index is 0.0555. The lowest BCUT2D eigenvalue weighted by atomic mass is 10.1. The molecule has 0 radical (unpaired) electrons. The fourth-order valence-electron chi connectivity index (χ4n) is 2.74. The third-order valence-corrected chi connectivity index (χ3v) is 4.23. The number of aromatic nitrogens is 3. The molecule has 2 heterocycles. The van der Waals surface area contributed by atoms with Gasteiger partial charge in [-0.2, -0.15) is 0 Å². The van der Waals surface area contributed by atoms with Gasteiger partial charge in [-0.3, -0.25) is 4.79 Å². The van der Waals surface area contributed by atoms with Gasteiger partial charge in [-0.15, -0.1) is 0 Å². The number of carbonyl (C=O) groups excluding carboxylic acids is 1. The number of pyridine rings is 1. The number of nitrogens with zero attached hydrogens (tertiary/aromatic N) is 4. The van der Waals surface area contributed by atoms with Gasteiger partial charge in [-0.25, -0.2) is 15.0 Å². The summed E-state index contributed by atoms with van der Waals surface area (Å²) >= 11 is 0. The first kappa shape index (κ1) is 17.6. The molecule has 3 rings (SSSR count). The van der Waals surface area contributed by atoms with Crippen molar-refractivity contribution >= 4 is 28.6 Å². The zero-order valence-electron chi connectivity index (χ0n) is 14.9. The van der Waals surface area contributed by atoms with E-state index in [0.29, 0.717) is 42.5 Å². The van der Waals surface area contributed by atoms with Crippen molar-refractivity contribution in [2.75, 3.05) is 24.1 Å². The third-order valence-electron chi connectivity index (χ3n) is 4.23. The molecule has 0 bridgehead atoms. The van der Waals surface area contributed by atoms with E-state index >= 15 is 0 Å². The van der Waals surface area contributed by atoms with Gasteiger partial charge in [-0.1, -0.05) is 12.1 Å². The predicted octanol–water partition coefficient (Wildman–Crippen LogP) is 2.70. The first-order valence-electron chi connectivity index (χ1n) is 8.61. The van der Waals surface area contributed by atoms with Crippen LogP contribution in [0.25, 0.3) is 11.0 Å². The van der Waals surface area contributed by atoms with E-state index in [9.17, 15) is 4.79 Å². The van der Waals surface area contributed by atoms with Gasteiger partial charge in [0.2, 0.25) is 0 Å². The summed E-state index contributed by atoms with van der Waals surface area (Å²) in [5.74, 6) is 1.18. The zero-order valence-corrected chi connectivity index (χ0v) is 14.9. The molecule has 1 amide bonds. The van der Waals surface area contributed by atoms with Crippen molar-refractivity contribution in [2.24, 2.45) is 0 Å². The van der Waals surface area contributed by atoms with Crippen LogP contribution in [0.3, 0.4) is 0 Å². The van der Waals surface area contributed by atoms with Gasteiger partial charge < -0.3 is 16.0 Å². The van der Waals surface area contributed by atoms with Crippen LogP contribution in [0.4, 0.5) is 11.6 Å². The quantitative estimate of drug-likeness (QED) is 0.709. The minimum atomic E-state index is 0.0555. The number of anilines is 2. The number of fused-ring (bicyclic) bond motifs is 1.